The molecule has 29 heavy (non-hydrogen) atoms. The molecule has 0 bridgehead atoms. The lowest BCUT2D eigenvalue weighted by atomic mass is 10.2. The van der Waals surface area contributed by atoms with Crippen LogP contribution in [-0.4, -0.2) is 49.4 Å². The van der Waals surface area contributed by atoms with Crippen LogP contribution < -0.4 is 21.3 Å². The summed E-state index contributed by atoms with van der Waals surface area (Å²) in [5, 5.41) is 7.57. The Bertz CT molecular complexity index is 925. The number of nitrogens with two attached hydrogens (primary N) is 1. The minimum atomic E-state index is 0.692. The predicted octanol–water partition coefficient (Wildman–Crippen LogP) is 3.55. The minimum Gasteiger partial charge on any atom is -0.385 e. The van der Waals surface area contributed by atoms with E-state index in [1.165, 1.54) is 0 Å². The number of nitrogens with zero attached hydrogens (tertiary/aromatic N) is 3. The van der Waals surface area contributed by atoms with Crippen LogP contribution in [-0.2, 0) is 4.74 Å². The van der Waals surface area contributed by atoms with Gasteiger partial charge in [0.1, 0.15) is 5.82 Å². The van der Waals surface area contributed by atoms with Gasteiger partial charge in [-0.1, -0.05) is 23.5 Å². The Balaban J connectivity index is 1.44. The number of thiazole rings is 1. The van der Waals surface area contributed by atoms with Crippen LogP contribution in [0, 0.1) is 0 Å². The van der Waals surface area contributed by atoms with E-state index in [0.29, 0.717) is 6.54 Å². The molecule has 8 heteroatoms. The van der Waals surface area contributed by atoms with Gasteiger partial charge in [0.15, 0.2) is 5.13 Å². The summed E-state index contributed by atoms with van der Waals surface area (Å²) in [5.41, 5.74) is 8.95. The van der Waals surface area contributed by atoms with Gasteiger partial charge >= 0.3 is 0 Å². The summed E-state index contributed by atoms with van der Waals surface area (Å²) in [5.74, 6) is 0.798. The van der Waals surface area contributed by atoms with Gasteiger partial charge in [-0.15, -0.1) is 0 Å². The number of hydrogen-bond donors (Lipinski definition) is 3. The fourth-order valence-corrected chi connectivity index (χ4v) is 4.02. The van der Waals surface area contributed by atoms with Crippen LogP contribution in [0.3, 0.4) is 0 Å². The first-order chi connectivity index (χ1) is 14.3. The van der Waals surface area contributed by atoms with Gasteiger partial charge in [0.2, 0.25) is 0 Å². The summed E-state index contributed by atoms with van der Waals surface area (Å²) in [6.07, 6.45) is 4.69. The fourth-order valence-electron chi connectivity index (χ4n) is 3.20. The average molecular weight is 411 g/mol. The Morgan fingerprint density at radius 1 is 1.14 bits per heavy atom. The Kier molecular flexibility index (Phi) is 6.56. The first-order valence-corrected chi connectivity index (χ1v) is 10.7. The van der Waals surface area contributed by atoms with E-state index in [-0.39, 0.29) is 0 Å². The van der Waals surface area contributed by atoms with Gasteiger partial charge in [-0.25, -0.2) is 9.97 Å². The second-order valence-electron chi connectivity index (χ2n) is 6.80. The molecule has 0 saturated carbocycles. The van der Waals surface area contributed by atoms with E-state index in [0.717, 1.165) is 72.0 Å². The molecule has 1 saturated heterocycles. The van der Waals surface area contributed by atoms with E-state index in [9.17, 15) is 0 Å². The number of rotatable bonds is 8. The summed E-state index contributed by atoms with van der Waals surface area (Å²) in [6, 6.07) is 12.5. The third-order valence-electron chi connectivity index (χ3n) is 4.72. The van der Waals surface area contributed by atoms with Crippen molar-refractivity contribution in [3.63, 3.8) is 0 Å². The van der Waals surface area contributed by atoms with Crippen LogP contribution in [0.15, 0.2) is 48.8 Å². The molecule has 1 aromatic carbocycles. The van der Waals surface area contributed by atoms with Crippen LogP contribution >= 0.6 is 11.3 Å². The molecule has 1 fully saturated rings. The van der Waals surface area contributed by atoms with Gasteiger partial charge in [-0.3, -0.25) is 0 Å². The zero-order chi connectivity index (χ0) is 19.9. The molecule has 0 aliphatic carbocycles. The van der Waals surface area contributed by atoms with Crippen LogP contribution in [0.2, 0.25) is 0 Å². The molecule has 0 unspecified atom stereocenters. The summed E-state index contributed by atoms with van der Waals surface area (Å²) >= 11 is 1.62. The Morgan fingerprint density at radius 3 is 2.90 bits per heavy atom. The maximum absolute atomic E-state index is 5.56. The summed E-state index contributed by atoms with van der Waals surface area (Å²) in [6.45, 7) is 4.90. The molecule has 1 aliphatic heterocycles. The van der Waals surface area contributed by atoms with Crippen molar-refractivity contribution >= 4 is 33.7 Å². The highest BCUT2D eigenvalue weighted by Crippen LogP contribution is 2.32. The number of pyridine rings is 1. The third-order valence-corrected chi connectivity index (χ3v) is 5.68. The Hall–Kier alpha value is -2.68. The quantitative estimate of drug-likeness (QED) is 0.490. The molecule has 1 aliphatic rings. The van der Waals surface area contributed by atoms with Gasteiger partial charge in [-0.2, -0.15) is 0 Å². The van der Waals surface area contributed by atoms with Gasteiger partial charge in [-0.05, 0) is 36.7 Å². The topological polar surface area (TPSA) is 88.3 Å². The first kappa shape index (κ1) is 19.6. The minimum absolute atomic E-state index is 0.692. The van der Waals surface area contributed by atoms with Crippen molar-refractivity contribution in [2.24, 2.45) is 5.73 Å². The number of morpholine rings is 1. The highest BCUT2D eigenvalue weighted by Gasteiger charge is 2.12. The lowest BCUT2D eigenvalue weighted by Crippen LogP contribution is -2.36. The molecule has 2 aromatic heterocycles. The van der Waals surface area contributed by atoms with E-state index in [1.807, 2.05) is 18.5 Å². The van der Waals surface area contributed by atoms with E-state index in [2.05, 4.69) is 55.8 Å². The van der Waals surface area contributed by atoms with Gasteiger partial charge in [0.25, 0.3) is 0 Å². The van der Waals surface area contributed by atoms with Crippen LogP contribution in [0.25, 0.3) is 10.4 Å². The smallest absolute Gasteiger partial charge is 0.188 e. The highest BCUT2D eigenvalue weighted by atomic mass is 32.1. The molecule has 152 valence electrons. The molecule has 3 aromatic rings. The molecule has 3 heterocycles. The second kappa shape index (κ2) is 9.69. The summed E-state index contributed by atoms with van der Waals surface area (Å²) in [7, 11) is 0. The van der Waals surface area contributed by atoms with E-state index in [1.54, 1.807) is 11.3 Å². The Morgan fingerprint density at radius 2 is 2.03 bits per heavy atom. The molecule has 4 N–H and O–H groups in total. The number of benzene rings is 1. The number of anilines is 4. The monoisotopic (exact) mass is 410 g/mol. The maximum Gasteiger partial charge on any atom is 0.188 e. The second-order valence-corrected chi connectivity index (χ2v) is 7.83. The van der Waals surface area contributed by atoms with Gasteiger partial charge in [0, 0.05) is 49.5 Å². The number of aromatic nitrogens is 2. The third kappa shape index (κ3) is 5.23. The molecule has 0 spiro atoms. The number of hydrogen-bond acceptors (Lipinski definition) is 8. The van der Waals surface area contributed by atoms with Crippen LogP contribution in [0.4, 0.5) is 22.3 Å². The highest BCUT2D eigenvalue weighted by molar-refractivity contribution is 7.18. The fraction of sp³-hybridized carbons (Fsp3) is 0.333. The van der Waals surface area contributed by atoms with Crippen molar-refractivity contribution in [3.8, 4) is 10.4 Å². The Labute approximate surface area is 174 Å². The van der Waals surface area contributed by atoms with Gasteiger partial charge in [0.05, 0.1) is 18.1 Å². The molecule has 4 rings (SSSR count). The van der Waals surface area contributed by atoms with Crippen molar-refractivity contribution < 1.29 is 4.74 Å². The van der Waals surface area contributed by atoms with Crippen molar-refractivity contribution in [2.45, 2.75) is 6.42 Å². The standard InChI is InChI=1S/C21H26N6OS/c22-6-2-7-23-17-4-1-3-16(13-17)19-15-25-21(29-19)26-20-14-18(5-8-24-20)27-9-11-28-12-10-27/h1,3-5,8,13-15,23H,2,6-7,9-12,22H2,(H,24,25,26). The van der Waals surface area contributed by atoms with Crippen molar-refractivity contribution in [1.29, 1.82) is 0 Å². The average Bonchev–Trinajstić information content (AvgIpc) is 3.24. The zero-order valence-corrected chi connectivity index (χ0v) is 17.1. The molecular formula is C21H26N6OS. The normalized spacial score (nSPS) is 14.0. The van der Waals surface area contributed by atoms with Crippen LogP contribution in [0.1, 0.15) is 6.42 Å². The van der Waals surface area contributed by atoms with Crippen LogP contribution in [0.5, 0.6) is 0 Å². The molecule has 7 nitrogen and oxygen atoms in total. The van der Waals surface area contributed by atoms with Gasteiger partial charge < -0.3 is 26.0 Å². The molecule has 0 atom stereocenters. The molecule has 0 amide bonds. The molecule has 0 radical (unpaired) electrons. The lowest BCUT2D eigenvalue weighted by Gasteiger charge is -2.28. The first-order valence-electron chi connectivity index (χ1n) is 9.88. The summed E-state index contributed by atoms with van der Waals surface area (Å²) in [4.78, 5) is 12.4. The maximum atomic E-state index is 5.56. The van der Waals surface area contributed by atoms with E-state index < -0.39 is 0 Å². The molecular weight excluding hydrogens is 384 g/mol. The predicted molar refractivity (Wildman–Crippen MR) is 120 cm³/mol. The lowest BCUT2D eigenvalue weighted by molar-refractivity contribution is 0.122. The van der Waals surface area contributed by atoms with Crippen molar-refractivity contribution in [1.82, 2.24) is 9.97 Å². The van der Waals surface area contributed by atoms with E-state index >= 15 is 0 Å². The zero-order valence-electron chi connectivity index (χ0n) is 16.3. The van der Waals surface area contributed by atoms with Crippen molar-refractivity contribution in [3.05, 3.63) is 48.8 Å². The van der Waals surface area contributed by atoms with E-state index in [4.69, 9.17) is 10.5 Å². The largest absolute Gasteiger partial charge is 0.385 e. The summed E-state index contributed by atoms with van der Waals surface area (Å²) < 4.78 is 5.44. The number of ether oxygens (including phenoxy) is 1. The van der Waals surface area contributed by atoms with Crippen molar-refractivity contribution in [2.75, 3.05) is 54.9 Å². The number of nitrogens with one attached hydrogen (secondary N) is 2. The SMILES string of the molecule is NCCCNc1cccc(-c2cnc(Nc3cc(N4CCOCC4)ccn3)s2)c1.